The second-order valence-corrected chi connectivity index (χ2v) is 6.28. The number of halogens is 1. The number of amides is 1. The van der Waals surface area contributed by atoms with Gasteiger partial charge in [0.05, 0.1) is 12.6 Å². The van der Waals surface area contributed by atoms with Gasteiger partial charge < -0.3 is 10.1 Å². The number of aliphatic imine (C=N–C) groups is 1. The van der Waals surface area contributed by atoms with E-state index in [2.05, 4.69) is 15.6 Å². The molecular weight excluding hydrogens is 333 g/mol. The van der Waals surface area contributed by atoms with Crippen LogP contribution in [0.1, 0.15) is 28.8 Å². The van der Waals surface area contributed by atoms with E-state index >= 15 is 0 Å². The largest absolute Gasteiger partial charge is 0.376 e. The van der Waals surface area contributed by atoms with Gasteiger partial charge in [0.25, 0.3) is 5.91 Å². The number of anilines is 1. The number of guanidine groups is 1. The molecular formula is C20H22FN3O2. The zero-order valence-electron chi connectivity index (χ0n) is 14.7. The topological polar surface area (TPSA) is 62.7 Å². The molecule has 1 aliphatic heterocycles. The summed E-state index contributed by atoms with van der Waals surface area (Å²) in [6.07, 6.45) is 2.05. The fourth-order valence-electron chi connectivity index (χ4n) is 2.67. The molecule has 0 aromatic heterocycles. The molecule has 0 radical (unpaired) electrons. The van der Waals surface area contributed by atoms with Gasteiger partial charge in [-0.15, -0.1) is 0 Å². The van der Waals surface area contributed by atoms with Crippen LogP contribution in [0.2, 0.25) is 0 Å². The van der Waals surface area contributed by atoms with Crippen molar-refractivity contribution in [3.63, 3.8) is 0 Å². The molecule has 1 heterocycles. The number of hydrogen-bond donors (Lipinski definition) is 2. The number of nitrogens with one attached hydrogen (secondary N) is 2. The van der Waals surface area contributed by atoms with E-state index in [1.807, 2.05) is 31.2 Å². The van der Waals surface area contributed by atoms with Gasteiger partial charge in [0, 0.05) is 17.9 Å². The van der Waals surface area contributed by atoms with Gasteiger partial charge in [0.2, 0.25) is 5.96 Å². The highest BCUT2D eigenvalue weighted by atomic mass is 19.1. The highest BCUT2D eigenvalue weighted by molar-refractivity contribution is 6.09. The lowest BCUT2D eigenvalue weighted by atomic mass is 10.2. The summed E-state index contributed by atoms with van der Waals surface area (Å²) in [6.45, 7) is 3.20. The summed E-state index contributed by atoms with van der Waals surface area (Å²) in [4.78, 5) is 16.9. The average molecular weight is 355 g/mol. The second kappa shape index (κ2) is 8.58. The Morgan fingerprint density at radius 2 is 2.08 bits per heavy atom. The highest BCUT2D eigenvalue weighted by Crippen LogP contribution is 2.13. The van der Waals surface area contributed by atoms with E-state index in [-0.39, 0.29) is 11.7 Å². The zero-order valence-corrected chi connectivity index (χ0v) is 14.7. The number of carbonyl (C=O) groups is 1. The second-order valence-electron chi connectivity index (χ2n) is 6.28. The van der Waals surface area contributed by atoms with Crippen molar-refractivity contribution in [1.82, 2.24) is 5.32 Å². The number of benzene rings is 2. The van der Waals surface area contributed by atoms with Gasteiger partial charge in [-0.1, -0.05) is 23.8 Å². The molecule has 1 aliphatic rings. The van der Waals surface area contributed by atoms with Gasteiger partial charge in [-0.2, -0.15) is 0 Å². The van der Waals surface area contributed by atoms with Crippen LogP contribution in [0.5, 0.6) is 0 Å². The lowest BCUT2D eigenvalue weighted by Crippen LogP contribution is -2.36. The van der Waals surface area contributed by atoms with Crippen molar-refractivity contribution in [3.8, 4) is 0 Å². The third kappa shape index (κ3) is 5.13. The first-order valence-electron chi connectivity index (χ1n) is 8.67. The van der Waals surface area contributed by atoms with Crippen LogP contribution in [0.4, 0.5) is 10.1 Å². The van der Waals surface area contributed by atoms with Crippen molar-refractivity contribution in [2.75, 3.05) is 18.5 Å². The molecule has 136 valence electrons. The summed E-state index contributed by atoms with van der Waals surface area (Å²) >= 11 is 0. The van der Waals surface area contributed by atoms with Crippen molar-refractivity contribution in [1.29, 1.82) is 0 Å². The normalized spacial score (nSPS) is 17.2. The molecule has 2 aromatic carbocycles. The van der Waals surface area contributed by atoms with Crippen molar-refractivity contribution in [2.45, 2.75) is 25.9 Å². The van der Waals surface area contributed by atoms with Gasteiger partial charge >= 0.3 is 0 Å². The molecule has 0 spiro atoms. The Bertz CT molecular complexity index is 784. The van der Waals surface area contributed by atoms with Crippen LogP contribution in [0.25, 0.3) is 0 Å². The Hall–Kier alpha value is -2.73. The number of aryl methyl sites for hydroxylation is 1. The summed E-state index contributed by atoms with van der Waals surface area (Å²) in [5.41, 5.74) is 2.18. The van der Waals surface area contributed by atoms with Gasteiger partial charge in [-0.25, -0.2) is 9.38 Å². The zero-order chi connectivity index (χ0) is 18.4. The molecule has 6 heteroatoms. The van der Waals surface area contributed by atoms with Crippen LogP contribution >= 0.6 is 0 Å². The summed E-state index contributed by atoms with van der Waals surface area (Å²) in [6, 6.07) is 13.3. The van der Waals surface area contributed by atoms with E-state index in [4.69, 9.17) is 4.74 Å². The maximum absolute atomic E-state index is 13.4. The van der Waals surface area contributed by atoms with Gasteiger partial charge in [0.15, 0.2) is 0 Å². The van der Waals surface area contributed by atoms with Crippen molar-refractivity contribution in [2.24, 2.45) is 4.99 Å². The lowest BCUT2D eigenvalue weighted by Gasteiger charge is -2.13. The Kier molecular flexibility index (Phi) is 5.96. The first-order chi connectivity index (χ1) is 12.6. The molecule has 26 heavy (non-hydrogen) atoms. The quantitative estimate of drug-likeness (QED) is 0.652. The summed E-state index contributed by atoms with van der Waals surface area (Å²) in [7, 11) is 0. The van der Waals surface area contributed by atoms with E-state index in [1.54, 1.807) is 6.07 Å². The van der Waals surface area contributed by atoms with Gasteiger partial charge in [0.1, 0.15) is 5.82 Å². The Morgan fingerprint density at radius 3 is 2.77 bits per heavy atom. The third-order valence-electron chi connectivity index (χ3n) is 4.11. The minimum atomic E-state index is -0.456. The monoisotopic (exact) mass is 355 g/mol. The third-order valence-corrected chi connectivity index (χ3v) is 4.11. The fraction of sp³-hybridized carbons (Fsp3) is 0.300. The number of hydrogen-bond acceptors (Lipinski definition) is 3. The van der Waals surface area contributed by atoms with Crippen molar-refractivity contribution >= 4 is 17.6 Å². The molecule has 1 saturated heterocycles. The number of carbonyl (C=O) groups excluding carboxylic acids is 1. The maximum atomic E-state index is 13.4. The van der Waals surface area contributed by atoms with E-state index in [1.165, 1.54) is 18.2 Å². The van der Waals surface area contributed by atoms with Gasteiger partial charge in [-0.3, -0.25) is 10.1 Å². The van der Waals surface area contributed by atoms with Crippen LogP contribution in [-0.2, 0) is 4.74 Å². The van der Waals surface area contributed by atoms with Crippen LogP contribution in [0, 0.1) is 12.7 Å². The highest BCUT2D eigenvalue weighted by Gasteiger charge is 2.16. The molecule has 0 aliphatic carbocycles. The van der Waals surface area contributed by atoms with E-state index < -0.39 is 11.7 Å². The van der Waals surface area contributed by atoms with Crippen LogP contribution in [0.15, 0.2) is 53.5 Å². The van der Waals surface area contributed by atoms with E-state index in [0.717, 1.165) is 30.7 Å². The first kappa shape index (κ1) is 18.1. The summed E-state index contributed by atoms with van der Waals surface area (Å²) < 4.78 is 18.9. The van der Waals surface area contributed by atoms with E-state index in [0.29, 0.717) is 12.5 Å². The smallest absolute Gasteiger partial charge is 0.258 e. The Balaban J connectivity index is 1.73. The predicted molar refractivity (Wildman–Crippen MR) is 99.9 cm³/mol. The number of rotatable bonds is 4. The molecule has 0 unspecified atom stereocenters. The predicted octanol–water partition coefficient (Wildman–Crippen LogP) is 3.51. The molecule has 1 fully saturated rings. The van der Waals surface area contributed by atoms with Crippen molar-refractivity contribution in [3.05, 3.63) is 65.5 Å². The van der Waals surface area contributed by atoms with Crippen LogP contribution < -0.4 is 10.6 Å². The minimum absolute atomic E-state index is 0.0656. The number of nitrogens with zero attached hydrogens (tertiary/aromatic N) is 1. The molecule has 3 rings (SSSR count). The minimum Gasteiger partial charge on any atom is -0.376 e. The first-order valence-corrected chi connectivity index (χ1v) is 8.67. The molecule has 5 nitrogen and oxygen atoms in total. The number of ether oxygens (including phenoxy) is 1. The summed E-state index contributed by atoms with van der Waals surface area (Å²) in [5.74, 6) is -0.559. The molecule has 2 N–H and O–H groups in total. The van der Waals surface area contributed by atoms with Gasteiger partial charge in [-0.05, 0) is 50.1 Å². The SMILES string of the molecule is Cc1ccc(NC(=NC[C@H]2CCCO2)NC(=O)c2cccc(F)c2)cc1. The molecule has 1 atom stereocenters. The van der Waals surface area contributed by atoms with Crippen LogP contribution in [0.3, 0.4) is 0 Å². The molecule has 0 saturated carbocycles. The Labute approximate surface area is 152 Å². The average Bonchev–Trinajstić information content (AvgIpc) is 3.15. The van der Waals surface area contributed by atoms with E-state index in [9.17, 15) is 9.18 Å². The fourth-order valence-corrected chi connectivity index (χ4v) is 2.67. The standard InChI is InChI=1S/C20H22FN3O2/c1-14-7-9-17(10-8-14)23-20(22-13-18-6-3-11-26-18)24-19(25)15-4-2-5-16(21)12-15/h2,4-5,7-10,12,18H,3,6,11,13H2,1H3,(H2,22,23,24,25)/t18-/m1/s1. The van der Waals surface area contributed by atoms with Crippen LogP contribution in [-0.4, -0.2) is 31.1 Å². The molecule has 2 aromatic rings. The Morgan fingerprint density at radius 1 is 1.27 bits per heavy atom. The summed E-state index contributed by atoms with van der Waals surface area (Å²) in [5, 5.41) is 5.84. The molecule has 0 bridgehead atoms. The lowest BCUT2D eigenvalue weighted by molar-refractivity contribution is 0.0975. The molecule has 1 amide bonds. The maximum Gasteiger partial charge on any atom is 0.258 e. The van der Waals surface area contributed by atoms with Crippen molar-refractivity contribution < 1.29 is 13.9 Å².